The molecule has 0 bridgehead atoms. The Morgan fingerprint density at radius 1 is 1.13 bits per heavy atom. The minimum absolute atomic E-state index is 0.116. The molecule has 7 nitrogen and oxygen atoms in total. The zero-order valence-corrected chi connectivity index (χ0v) is 13.5. The summed E-state index contributed by atoms with van der Waals surface area (Å²) < 4.78 is 5.00. The number of rotatable bonds is 4. The molecular formula is C16H23N3O4. The van der Waals surface area contributed by atoms with E-state index in [9.17, 15) is 14.4 Å². The summed E-state index contributed by atoms with van der Waals surface area (Å²) in [5.74, 6) is 0. The van der Waals surface area contributed by atoms with Crippen LogP contribution in [-0.2, 0) is 4.74 Å². The third-order valence-electron chi connectivity index (χ3n) is 4.68. The first-order chi connectivity index (χ1) is 11.1. The van der Waals surface area contributed by atoms with Crippen molar-refractivity contribution < 1.29 is 9.53 Å². The van der Waals surface area contributed by atoms with Gasteiger partial charge in [-0.3, -0.25) is 9.59 Å². The van der Waals surface area contributed by atoms with Crippen molar-refractivity contribution in [2.45, 2.75) is 38.6 Å². The highest BCUT2D eigenvalue weighted by molar-refractivity contribution is 5.76. The summed E-state index contributed by atoms with van der Waals surface area (Å²) in [5.41, 5.74) is 0.282. The van der Waals surface area contributed by atoms with E-state index in [-0.39, 0.29) is 17.6 Å². The maximum atomic E-state index is 11.9. The van der Waals surface area contributed by atoms with Crippen LogP contribution in [0.25, 0.3) is 0 Å². The van der Waals surface area contributed by atoms with Crippen molar-refractivity contribution in [1.82, 2.24) is 4.90 Å². The normalized spacial score (nSPS) is 19.3. The number of piperidine rings is 1. The quantitative estimate of drug-likeness (QED) is 0.831. The predicted octanol–water partition coefficient (Wildman–Crippen LogP) is 0.916. The molecule has 1 aromatic rings. The number of anilines is 2. The first-order valence-electron chi connectivity index (χ1n) is 8.38. The fourth-order valence-electron chi connectivity index (χ4n) is 3.38. The number of carbonyl (C=O) groups is 1. The zero-order chi connectivity index (χ0) is 16.4. The summed E-state index contributed by atoms with van der Waals surface area (Å²) in [7, 11) is 0. The fraction of sp³-hybridized carbons (Fsp3) is 0.688. The molecule has 1 aromatic carbocycles. The van der Waals surface area contributed by atoms with Crippen molar-refractivity contribution in [1.29, 1.82) is 0 Å². The van der Waals surface area contributed by atoms with Crippen molar-refractivity contribution >= 4 is 17.5 Å². The number of likely N-dealkylation sites (tertiary alicyclic amines) is 1. The standard InChI is InChI=1S/C16H23N3O4/c1-2-23-16(22)19-9-5-11(6-10-19)17-12-13(15(21)14(12)20)18-7-3-4-8-18/h11,17H,2-10H2,1H3. The molecule has 0 unspecified atom stereocenters. The predicted molar refractivity (Wildman–Crippen MR) is 88.0 cm³/mol. The van der Waals surface area contributed by atoms with Crippen molar-refractivity contribution in [2.75, 3.05) is 43.0 Å². The van der Waals surface area contributed by atoms with Crippen LogP contribution in [0, 0.1) is 0 Å². The molecule has 126 valence electrons. The first-order valence-corrected chi connectivity index (χ1v) is 8.38. The second-order valence-corrected chi connectivity index (χ2v) is 6.18. The molecule has 7 heteroatoms. The molecule has 2 heterocycles. The van der Waals surface area contributed by atoms with E-state index < -0.39 is 5.43 Å². The molecule has 1 amide bonds. The van der Waals surface area contributed by atoms with E-state index in [2.05, 4.69) is 5.32 Å². The number of nitrogens with zero attached hydrogens (tertiary/aromatic N) is 2. The van der Waals surface area contributed by atoms with E-state index in [1.54, 1.807) is 11.8 Å². The van der Waals surface area contributed by atoms with Crippen molar-refractivity contribution in [2.24, 2.45) is 0 Å². The number of hydrogen-bond donors (Lipinski definition) is 1. The highest BCUT2D eigenvalue weighted by atomic mass is 16.6. The van der Waals surface area contributed by atoms with Gasteiger partial charge >= 0.3 is 6.09 Å². The van der Waals surface area contributed by atoms with Crippen LogP contribution in [0.2, 0.25) is 0 Å². The number of amides is 1. The van der Waals surface area contributed by atoms with Gasteiger partial charge in [0.05, 0.1) is 6.61 Å². The monoisotopic (exact) mass is 321 g/mol. The van der Waals surface area contributed by atoms with Crippen LogP contribution in [0.1, 0.15) is 32.6 Å². The average molecular weight is 321 g/mol. The molecule has 2 saturated heterocycles. The SMILES string of the molecule is CCOC(=O)N1CCC(Nc2c(N3CCCC3)c(=O)c2=O)CC1. The second-order valence-electron chi connectivity index (χ2n) is 6.18. The molecular weight excluding hydrogens is 298 g/mol. The van der Waals surface area contributed by atoms with Gasteiger partial charge in [0.2, 0.25) is 0 Å². The summed E-state index contributed by atoms with van der Waals surface area (Å²) >= 11 is 0. The van der Waals surface area contributed by atoms with E-state index in [0.717, 1.165) is 38.8 Å². The van der Waals surface area contributed by atoms with Crippen molar-refractivity contribution in [3.63, 3.8) is 0 Å². The highest BCUT2D eigenvalue weighted by Crippen LogP contribution is 2.26. The molecule has 0 atom stereocenters. The smallest absolute Gasteiger partial charge is 0.409 e. The summed E-state index contributed by atoms with van der Waals surface area (Å²) in [6, 6.07) is 0.116. The maximum Gasteiger partial charge on any atom is 0.409 e. The van der Waals surface area contributed by atoms with Gasteiger partial charge < -0.3 is 19.9 Å². The molecule has 0 radical (unpaired) electrons. The van der Waals surface area contributed by atoms with Gasteiger partial charge in [0.25, 0.3) is 10.9 Å². The van der Waals surface area contributed by atoms with E-state index in [1.807, 2.05) is 4.90 Å². The van der Waals surface area contributed by atoms with Gasteiger partial charge in [-0.05, 0) is 32.6 Å². The Morgan fingerprint density at radius 2 is 1.78 bits per heavy atom. The fourth-order valence-corrected chi connectivity index (χ4v) is 3.38. The number of nitrogens with one attached hydrogen (secondary N) is 1. The third kappa shape index (κ3) is 3.04. The van der Waals surface area contributed by atoms with Gasteiger partial charge in [-0.1, -0.05) is 0 Å². The summed E-state index contributed by atoms with van der Waals surface area (Å²) in [4.78, 5) is 39.1. The summed E-state index contributed by atoms with van der Waals surface area (Å²) in [6.45, 7) is 5.06. The van der Waals surface area contributed by atoms with Crippen LogP contribution >= 0.6 is 0 Å². The Hall–Kier alpha value is -2.05. The third-order valence-corrected chi connectivity index (χ3v) is 4.68. The van der Waals surface area contributed by atoms with Crippen LogP contribution in [0.4, 0.5) is 16.2 Å². The molecule has 2 aliphatic rings. The van der Waals surface area contributed by atoms with Crippen LogP contribution in [0.5, 0.6) is 0 Å². The number of ether oxygens (including phenoxy) is 1. The molecule has 3 rings (SSSR count). The molecule has 0 saturated carbocycles. The van der Waals surface area contributed by atoms with Gasteiger partial charge in [-0.25, -0.2) is 4.79 Å². The zero-order valence-electron chi connectivity index (χ0n) is 13.5. The van der Waals surface area contributed by atoms with Crippen LogP contribution in [0.3, 0.4) is 0 Å². The lowest BCUT2D eigenvalue weighted by Gasteiger charge is -2.33. The van der Waals surface area contributed by atoms with Gasteiger partial charge in [-0.15, -0.1) is 0 Å². The Morgan fingerprint density at radius 3 is 2.39 bits per heavy atom. The van der Waals surface area contributed by atoms with E-state index in [1.165, 1.54) is 0 Å². The lowest BCUT2D eigenvalue weighted by molar-refractivity contribution is 0.0983. The van der Waals surface area contributed by atoms with Crippen LogP contribution in [-0.4, -0.2) is 49.8 Å². The molecule has 0 aliphatic carbocycles. The lowest BCUT2D eigenvalue weighted by Crippen LogP contribution is -2.46. The van der Waals surface area contributed by atoms with Gasteiger partial charge in [0, 0.05) is 32.2 Å². The largest absolute Gasteiger partial charge is 0.450 e. The van der Waals surface area contributed by atoms with Crippen molar-refractivity contribution in [3.05, 3.63) is 20.4 Å². The van der Waals surface area contributed by atoms with E-state index in [0.29, 0.717) is 31.1 Å². The number of hydrogen-bond acceptors (Lipinski definition) is 6. The summed E-state index contributed by atoms with van der Waals surface area (Å²) in [5, 5.41) is 3.24. The number of carbonyl (C=O) groups excluding carboxylic acids is 1. The van der Waals surface area contributed by atoms with Gasteiger partial charge in [0.1, 0.15) is 11.4 Å². The van der Waals surface area contributed by atoms with E-state index >= 15 is 0 Å². The minimum atomic E-state index is -0.403. The molecule has 0 aromatic heterocycles. The molecule has 0 spiro atoms. The topological polar surface area (TPSA) is 79.0 Å². The van der Waals surface area contributed by atoms with Crippen LogP contribution in [0.15, 0.2) is 9.59 Å². The summed E-state index contributed by atoms with van der Waals surface area (Å²) in [6.07, 6.45) is 3.35. The van der Waals surface area contributed by atoms with Crippen LogP contribution < -0.4 is 21.1 Å². The minimum Gasteiger partial charge on any atom is -0.450 e. The Kier molecular flexibility index (Phi) is 4.54. The molecule has 23 heavy (non-hydrogen) atoms. The second kappa shape index (κ2) is 6.60. The van der Waals surface area contributed by atoms with E-state index in [4.69, 9.17) is 4.74 Å². The Bertz CT molecular complexity index is 636. The first kappa shape index (κ1) is 15.8. The molecule has 2 aliphatic heterocycles. The van der Waals surface area contributed by atoms with Gasteiger partial charge in [-0.2, -0.15) is 0 Å². The lowest BCUT2D eigenvalue weighted by atomic mass is 10.0. The molecule has 1 N–H and O–H groups in total. The van der Waals surface area contributed by atoms with Gasteiger partial charge in [0.15, 0.2) is 0 Å². The van der Waals surface area contributed by atoms with Crippen molar-refractivity contribution in [3.8, 4) is 0 Å². The maximum absolute atomic E-state index is 11.9. The average Bonchev–Trinajstić information content (AvgIpc) is 3.08. The Labute approximate surface area is 134 Å². The highest BCUT2D eigenvalue weighted by Gasteiger charge is 2.30. The Balaban J connectivity index is 1.59. The molecule has 2 fully saturated rings.